The molecule has 2 aromatic rings. The number of pyridine rings is 1. The lowest BCUT2D eigenvalue weighted by Gasteiger charge is -2.18. The van der Waals surface area contributed by atoms with E-state index in [4.69, 9.17) is 5.73 Å². The molecule has 17 heavy (non-hydrogen) atoms. The van der Waals surface area contributed by atoms with Crippen molar-refractivity contribution < 1.29 is 0 Å². The predicted octanol–water partition coefficient (Wildman–Crippen LogP) is 3.68. The van der Waals surface area contributed by atoms with Crippen molar-refractivity contribution >= 4 is 22.7 Å². The molecule has 1 atom stereocenters. The van der Waals surface area contributed by atoms with Gasteiger partial charge in [0.15, 0.2) is 0 Å². The number of nitrogens with zero attached hydrogens (tertiary/aromatic N) is 1. The first kappa shape index (κ1) is 11.9. The maximum Gasteiger partial charge on any atom is 0.0607 e. The average molecular weight is 247 g/mol. The molecule has 2 rings (SSSR count). The van der Waals surface area contributed by atoms with Crippen LogP contribution in [0.5, 0.6) is 0 Å². The fraction of sp³-hybridized carbons (Fsp3) is 0.308. The van der Waals surface area contributed by atoms with Gasteiger partial charge in [0.2, 0.25) is 0 Å². The summed E-state index contributed by atoms with van der Waals surface area (Å²) < 4.78 is 0. The van der Waals surface area contributed by atoms with Crippen molar-refractivity contribution in [3.8, 4) is 0 Å². The summed E-state index contributed by atoms with van der Waals surface area (Å²) in [6, 6.07) is 6.52. The molecule has 0 fully saturated rings. The van der Waals surface area contributed by atoms with E-state index < -0.39 is 0 Å². The van der Waals surface area contributed by atoms with Crippen LogP contribution in [-0.4, -0.2) is 4.98 Å². The lowest BCUT2D eigenvalue weighted by molar-refractivity contribution is 0.687. The Morgan fingerprint density at radius 3 is 3.00 bits per heavy atom. The minimum atomic E-state index is 0.351. The second kappa shape index (κ2) is 5.68. The number of nitrogens with one attached hydrogen (secondary N) is 1. The smallest absolute Gasteiger partial charge is 0.0607 e. The van der Waals surface area contributed by atoms with Crippen LogP contribution in [0.4, 0.5) is 11.4 Å². The van der Waals surface area contributed by atoms with Crippen molar-refractivity contribution in [1.29, 1.82) is 0 Å². The summed E-state index contributed by atoms with van der Waals surface area (Å²) in [7, 11) is 0. The zero-order valence-corrected chi connectivity index (χ0v) is 10.7. The van der Waals surface area contributed by atoms with E-state index in [1.54, 1.807) is 17.5 Å². The number of hydrogen-bond donors (Lipinski definition) is 2. The molecule has 0 radical (unpaired) electrons. The number of rotatable bonds is 5. The molecule has 2 heterocycles. The number of nitrogen functional groups attached to an aromatic ring is 1. The predicted molar refractivity (Wildman–Crippen MR) is 74.2 cm³/mol. The van der Waals surface area contributed by atoms with E-state index >= 15 is 0 Å². The number of hydrogen-bond acceptors (Lipinski definition) is 4. The van der Waals surface area contributed by atoms with Crippen molar-refractivity contribution in [2.24, 2.45) is 0 Å². The van der Waals surface area contributed by atoms with E-state index in [1.807, 2.05) is 12.3 Å². The molecular formula is C13H17N3S. The van der Waals surface area contributed by atoms with Crippen molar-refractivity contribution in [2.45, 2.75) is 25.8 Å². The molecule has 0 bridgehead atoms. The highest BCUT2D eigenvalue weighted by atomic mass is 32.1. The molecular weight excluding hydrogens is 230 g/mol. The molecule has 0 aromatic carbocycles. The van der Waals surface area contributed by atoms with Gasteiger partial charge in [0.25, 0.3) is 0 Å². The first-order valence-corrected chi connectivity index (χ1v) is 6.68. The quantitative estimate of drug-likeness (QED) is 0.847. The van der Waals surface area contributed by atoms with E-state index in [0.717, 1.165) is 18.5 Å². The van der Waals surface area contributed by atoms with Crippen LogP contribution in [0.2, 0.25) is 0 Å². The van der Waals surface area contributed by atoms with Gasteiger partial charge >= 0.3 is 0 Å². The van der Waals surface area contributed by atoms with Gasteiger partial charge in [-0.05, 0) is 23.9 Å². The molecule has 0 aliphatic carbocycles. The summed E-state index contributed by atoms with van der Waals surface area (Å²) in [6.07, 6.45) is 5.72. The monoisotopic (exact) mass is 247 g/mol. The molecule has 0 spiro atoms. The summed E-state index contributed by atoms with van der Waals surface area (Å²) in [6.45, 7) is 2.19. The number of aromatic nitrogens is 1. The average Bonchev–Trinajstić information content (AvgIpc) is 2.82. The largest absolute Gasteiger partial charge is 0.397 e. The van der Waals surface area contributed by atoms with Crippen LogP contribution in [0.15, 0.2) is 36.0 Å². The van der Waals surface area contributed by atoms with Crippen LogP contribution >= 0.6 is 11.3 Å². The normalized spacial score (nSPS) is 12.3. The molecule has 0 amide bonds. The van der Waals surface area contributed by atoms with Gasteiger partial charge in [-0.15, -0.1) is 11.3 Å². The molecule has 0 saturated carbocycles. The molecule has 4 heteroatoms. The summed E-state index contributed by atoms with van der Waals surface area (Å²) in [5.74, 6) is 0. The van der Waals surface area contributed by atoms with Crippen LogP contribution in [-0.2, 0) is 0 Å². The third kappa shape index (κ3) is 3.20. The van der Waals surface area contributed by atoms with Crippen LogP contribution in [0, 0.1) is 0 Å². The second-order valence-corrected chi connectivity index (χ2v) is 4.99. The Kier molecular flexibility index (Phi) is 3.98. The van der Waals surface area contributed by atoms with Crippen molar-refractivity contribution in [3.63, 3.8) is 0 Å². The van der Waals surface area contributed by atoms with Gasteiger partial charge in [0.05, 0.1) is 23.6 Å². The fourth-order valence-corrected chi connectivity index (χ4v) is 2.61. The van der Waals surface area contributed by atoms with Crippen molar-refractivity contribution in [1.82, 2.24) is 4.98 Å². The van der Waals surface area contributed by atoms with E-state index in [9.17, 15) is 0 Å². The Morgan fingerprint density at radius 1 is 1.47 bits per heavy atom. The third-order valence-electron chi connectivity index (χ3n) is 2.56. The van der Waals surface area contributed by atoms with Crippen LogP contribution in [0.3, 0.4) is 0 Å². The van der Waals surface area contributed by atoms with Crippen LogP contribution < -0.4 is 11.1 Å². The maximum atomic E-state index is 5.73. The van der Waals surface area contributed by atoms with E-state index in [0.29, 0.717) is 11.7 Å². The van der Waals surface area contributed by atoms with Crippen LogP contribution in [0.1, 0.15) is 30.7 Å². The second-order valence-electron chi connectivity index (χ2n) is 4.01. The SMILES string of the molecule is CCCC(Nc1cncc(N)c1)c1cccs1. The van der Waals surface area contributed by atoms with Crippen molar-refractivity contribution in [2.75, 3.05) is 11.1 Å². The topological polar surface area (TPSA) is 50.9 Å². The Labute approximate surface area is 106 Å². The van der Waals surface area contributed by atoms with Gasteiger partial charge in [0.1, 0.15) is 0 Å². The van der Waals surface area contributed by atoms with Gasteiger partial charge in [-0.25, -0.2) is 0 Å². The molecule has 1 unspecified atom stereocenters. The third-order valence-corrected chi connectivity index (χ3v) is 3.55. The Morgan fingerprint density at radius 2 is 2.35 bits per heavy atom. The van der Waals surface area contributed by atoms with Gasteiger partial charge in [0, 0.05) is 11.1 Å². The van der Waals surface area contributed by atoms with E-state index in [2.05, 4.69) is 34.7 Å². The zero-order valence-electron chi connectivity index (χ0n) is 9.89. The highest BCUT2D eigenvalue weighted by molar-refractivity contribution is 7.10. The lowest BCUT2D eigenvalue weighted by atomic mass is 10.1. The van der Waals surface area contributed by atoms with Crippen LogP contribution in [0.25, 0.3) is 0 Å². The van der Waals surface area contributed by atoms with E-state index in [1.165, 1.54) is 4.88 Å². The van der Waals surface area contributed by atoms with Gasteiger partial charge in [-0.1, -0.05) is 19.4 Å². The first-order valence-electron chi connectivity index (χ1n) is 5.80. The Balaban J connectivity index is 2.13. The molecule has 0 aliphatic heterocycles. The van der Waals surface area contributed by atoms with Gasteiger partial charge in [-0.2, -0.15) is 0 Å². The van der Waals surface area contributed by atoms with E-state index in [-0.39, 0.29) is 0 Å². The molecule has 90 valence electrons. The summed E-state index contributed by atoms with van der Waals surface area (Å²) >= 11 is 1.78. The zero-order chi connectivity index (χ0) is 12.1. The standard InChI is InChI=1S/C13H17N3S/c1-2-4-12(13-5-3-6-17-13)16-11-7-10(14)8-15-9-11/h3,5-9,12,16H,2,4,14H2,1H3. The fourth-order valence-electron chi connectivity index (χ4n) is 1.80. The summed E-state index contributed by atoms with van der Waals surface area (Å²) in [5, 5.41) is 5.60. The maximum absolute atomic E-state index is 5.73. The minimum Gasteiger partial charge on any atom is -0.397 e. The lowest BCUT2D eigenvalue weighted by Crippen LogP contribution is -2.09. The van der Waals surface area contributed by atoms with Gasteiger partial charge in [-0.3, -0.25) is 4.98 Å². The molecule has 0 saturated heterocycles. The highest BCUT2D eigenvalue weighted by Crippen LogP contribution is 2.27. The number of nitrogens with two attached hydrogens (primary N) is 1. The Hall–Kier alpha value is -1.55. The first-order chi connectivity index (χ1) is 8.29. The van der Waals surface area contributed by atoms with Crippen molar-refractivity contribution in [3.05, 3.63) is 40.8 Å². The number of thiophene rings is 1. The molecule has 0 aliphatic rings. The van der Waals surface area contributed by atoms with Gasteiger partial charge < -0.3 is 11.1 Å². The Bertz CT molecular complexity index is 453. The summed E-state index contributed by atoms with van der Waals surface area (Å²) in [5.41, 5.74) is 7.40. The minimum absolute atomic E-state index is 0.351. The molecule has 3 nitrogen and oxygen atoms in total. The molecule has 3 N–H and O–H groups in total. The highest BCUT2D eigenvalue weighted by Gasteiger charge is 2.11. The summed E-state index contributed by atoms with van der Waals surface area (Å²) in [4.78, 5) is 5.45. The molecule has 2 aromatic heterocycles. The number of anilines is 2.